The number of ether oxygens (including phenoxy) is 3. The fourth-order valence-corrected chi connectivity index (χ4v) is 3.05. The SMILES string of the molecule is CCOc1ccc2ccccc2c1COC(=O)[C@@H]1CCO[C@@H]1C. The van der Waals surface area contributed by atoms with Crippen molar-refractivity contribution >= 4 is 16.7 Å². The molecular weight excluding hydrogens is 292 g/mol. The minimum atomic E-state index is -0.189. The van der Waals surface area contributed by atoms with Crippen LogP contribution in [0.3, 0.4) is 0 Å². The fraction of sp³-hybridized carbons (Fsp3) is 0.421. The predicted octanol–water partition coefficient (Wildman–Crippen LogP) is 3.71. The number of hydrogen-bond acceptors (Lipinski definition) is 4. The van der Waals surface area contributed by atoms with Gasteiger partial charge in [0.25, 0.3) is 0 Å². The Hall–Kier alpha value is -2.07. The molecule has 0 unspecified atom stereocenters. The summed E-state index contributed by atoms with van der Waals surface area (Å²) in [7, 11) is 0. The highest BCUT2D eigenvalue weighted by molar-refractivity contribution is 5.88. The molecule has 4 nitrogen and oxygen atoms in total. The normalized spacial score (nSPS) is 20.6. The van der Waals surface area contributed by atoms with Crippen molar-refractivity contribution in [1.82, 2.24) is 0 Å². The third-order valence-electron chi connectivity index (χ3n) is 4.34. The van der Waals surface area contributed by atoms with E-state index < -0.39 is 0 Å². The van der Waals surface area contributed by atoms with Crippen LogP contribution in [0.15, 0.2) is 36.4 Å². The number of carbonyl (C=O) groups excluding carboxylic acids is 1. The van der Waals surface area contributed by atoms with Gasteiger partial charge in [-0.25, -0.2) is 0 Å². The summed E-state index contributed by atoms with van der Waals surface area (Å²) in [6.45, 7) is 5.29. The van der Waals surface area contributed by atoms with Crippen LogP contribution in [0.4, 0.5) is 0 Å². The summed E-state index contributed by atoms with van der Waals surface area (Å²) in [5.41, 5.74) is 0.921. The van der Waals surface area contributed by atoms with Gasteiger partial charge in [-0.2, -0.15) is 0 Å². The highest BCUT2D eigenvalue weighted by Gasteiger charge is 2.32. The van der Waals surface area contributed by atoms with Crippen molar-refractivity contribution in [3.63, 3.8) is 0 Å². The van der Waals surface area contributed by atoms with Crippen molar-refractivity contribution in [3.05, 3.63) is 42.0 Å². The van der Waals surface area contributed by atoms with E-state index in [1.807, 2.05) is 50.2 Å². The molecule has 0 aromatic heterocycles. The smallest absolute Gasteiger partial charge is 0.311 e. The molecule has 0 radical (unpaired) electrons. The number of esters is 1. The van der Waals surface area contributed by atoms with Crippen LogP contribution in [0.1, 0.15) is 25.8 Å². The van der Waals surface area contributed by atoms with Gasteiger partial charge < -0.3 is 14.2 Å². The number of rotatable bonds is 5. The quantitative estimate of drug-likeness (QED) is 0.789. The first-order valence-electron chi connectivity index (χ1n) is 8.12. The van der Waals surface area contributed by atoms with Gasteiger partial charge in [0.2, 0.25) is 0 Å². The van der Waals surface area contributed by atoms with Crippen molar-refractivity contribution in [1.29, 1.82) is 0 Å². The van der Waals surface area contributed by atoms with Gasteiger partial charge >= 0.3 is 5.97 Å². The minimum absolute atomic E-state index is 0.0682. The first-order chi connectivity index (χ1) is 11.2. The van der Waals surface area contributed by atoms with Crippen molar-refractivity contribution < 1.29 is 19.0 Å². The van der Waals surface area contributed by atoms with Crippen LogP contribution in [-0.2, 0) is 20.9 Å². The fourth-order valence-electron chi connectivity index (χ4n) is 3.05. The van der Waals surface area contributed by atoms with Gasteiger partial charge in [0, 0.05) is 12.2 Å². The summed E-state index contributed by atoms with van der Waals surface area (Å²) >= 11 is 0. The first-order valence-corrected chi connectivity index (χ1v) is 8.12. The van der Waals surface area contributed by atoms with Gasteiger partial charge in [0.05, 0.1) is 18.6 Å². The molecule has 23 heavy (non-hydrogen) atoms. The summed E-state index contributed by atoms with van der Waals surface area (Å²) in [6.07, 6.45) is 0.662. The van der Waals surface area contributed by atoms with Crippen LogP contribution in [0.5, 0.6) is 5.75 Å². The lowest BCUT2D eigenvalue weighted by atomic mass is 10.0. The molecule has 4 heteroatoms. The van der Waals surface area contributed by atoms with E-state index in [1.165, 1.54) is 0 Å². The summed E-state index contributed by atoms with van der Waals surface area (Å²) in [6, 6.07) is 12.0. The third kappa shape index (κ3) is 3.32. The zero-order valence-corrected chi connectivity index (χ0v) is 13.6. The molecule has 0 spiro atoms. The molecule has 0 bridgehead atoms. The summed E-state index contributed by atoms with van der Waals surface area (Å²) in [5, 5.41) is 2.17. The average molecular weight is 314 g/mol. The van der Waals surface area contributed by atoms with Crippen LogP contribution in [-0.4, -0.2) is 25.3 Å². The molecule has 3 rings (SSSR count). The van der Waals surface area contributed by atoms with Gasteiger partial charge in [-0.05, 0) is 37.1 Å². The van der Waals surface area contributed by atoms with E-state index in [4.69, 9.17) is 14.2 Å². The van der Waals surface area contributed by atoms with E-state index in [9.17, 15) is 4.79 Å². The standard InChI is InChI=1S/C19H22O4/c1-3-21-18-9-8-14-6-4-5-7-16(14)17(18)12-23-19(20)15-10-11-22-13(15)2/h4-9,13,15H,3,10-12H2,1-2H3/t13-,15-/m1/s1. The van der Waals surface area contributed by atoms with Gasteiger partial charge in [-0.3, -0.25) is 4.79 Å². The van der Waals surface area contributed by atoms with Gasteiger partial charge in [0.15, 0.2) is 0 Å². The van der Waals surface area contributed by atoms with E-state index in [2.05, 4.69) is 0 Å². The lowest BCUT2D eigenvalue weighted by Crippen LogP contribution is -2.23. The Morgan fingerprint density at radius 1 is 1.26 bits per heavy atom. The average Bonchev–Trinajstić information content (AvgIpc) is 3.00. The lowest BCUT2D eigenvalue weighted by Gasteiger charge is -2.16. The number of hydrogen-bond donors (Lipinski definition) is 0. The Kier molecular flexibility index (Phi) is 4.82. The number of fused-ring (bicyclic) bond motifs is 1. The molecule has 0 amide bonds. The molecule has 1 aliphatic heterocycles. The number of carbonyl (C=O) groups is 1. The molecule has 122 valence electrons. The topological polar surface area (TPSA) is 44.8 Å². The molecule has 2 aromatic rings. The molecule has 0 aliphatic carbocycles. The summed E-state index contributed by atoms with van der Waals surface area (Å²) in [5.74, 6) is 0.417. The van der Waals surface area contributed by atoms with Gasteiger partial charge in [0.1, 0.15) is 12.4 Å². The van der Waals surface area contributed by atoms with Crippen LogP contribution >= 0.6 is 0 Å². The second kappa shape index (κ2) is 7.01. The zero-order chi connectivity index (χ0) is 16.2. The Labute approximate surface area is 136 Å². The predicted molar refractivity (Wildman–Crippen MR) is 88.4 cm³/mol. The number of benzene rings is 2. The summed E-state index contributed by atoms with van der Waals surface area (Å²) < 4.78 is 16.7. The van der Waals surface area contributed by atoms with E-state index in [0.29, 0.717) is 13.2 Å². The van der Waals surface area contributed by atoms with E-state index >= 15 is 0 Å². The van der Waals surface area contributed by atoms with Crippen LogP contribution in [0.25, 0.3) is 10.8 Å². The highest BCUT2D eigenvalue weighted by Crippen LogP contribution is 2.30. The third-order valence-corrected chi connectivity index (χ3v) is 4.34. The van der Waals surface area contributed by atoms with E-state index in [0.717, 1.165) is 28.5 Å². The Balaban J connectivity index is 1.83. The molecule has 1 fully saturated rings. The Bertz CT molecular complexity index is 695. The highest BCUT2D eigenvalue weighted by atomic mass is 16.5. The zero-order valence-electron chi connectivity index (χ0n) is 13.6. The molecule has 2 atom stereocenters. The van der Waals surface area contributed by atoms with Crippen molar-refractivity contribution in [2.24, 2.45) is 5.92 Å². The second-order valence-electron chi connectivity index (χ2n) is 5.78. The maximum Gasteiger partial charge on any atom is 0.311 e. The van der Waals surface area contributed by atoms with E-state index in [1.54, 1.807) is 0 Å². The second-order valence-corrected chi connectivity index (χ2v) is 5.78. The van der Waals surface area contributed by atoms with Gasteiger partial charge in [-0.1, -0.05) is 30.3 Å². The first kappa shape index (κ1) is 15.8. The van der Waals surface area contributed by atoms with Crippen molar-refractivity contribution in [2.75, 3.05) is 13.2 Å². The van der Waals surface area contributed by atoms with Crippen LogP contribution in [0.2, 0.25) is 0 Å². The van der Waals surface area contributed by atoms with Crippen molar-refractivity contribution in [3.8, 4) is 5.75 Å². The largest absolute Gasteiger partial charge is 0.493 e. The van der Waals surface area contributed by atoms with Gasteiger partial charge in [-0.15, -0.1) is 0 Å². The van der Waals surface area contributed by atoms with Crippen molar-refractivity contribution in [2.45, 2.75) is 33.0 Å². The monoisotopic (exact) mass is 314 g/mol. The van der Waals surface area contributed by atoms with Crippen LogP contribution in [0, 0.1) is 5.92 Å². The maximum absolute atomic E-state index is 12.3. The molecule has 1 heterocycles. The Morgan fingerprint density at radius 3 is 2.83 bits per heavy atom. The molecule has 0 saturated carbocycles. The minimum Gasteiger partial charge on any atom is -0.493 e. The molecule has 2 aromatic carbocycles. The molecule has 1 aliphatic rings. The molecule has 1 saturated heterocycles. The lowest BCUT2D eigenvalue weighted by molar-refractivity contribution is -0.151. The van der Waals surface area contributed by atoms with E-state index in [-0.39, 0.29) is 24.6 Å². The molecular formula is C19H22O4. The molecule has 0 N–H and O–H groups in total. The maximum atomic E-state index is 12.3. The Morgan fingerprint density at radius 2 is 2.09 bits per heavy atom. The summed E-state index contributed by atoms with van der Waals surface area (Å²) in [4.78, 5) is 12.3. The van der Waals surface area contributed by atoms with Crippen LogP contribution < -0.4 is 4.74 Å².